The van der Waals surface area contributed by atoms with Gasteiger partial charge >= 0.3 is 0 Å². The SMILES string of the molecule is Cn1nccc1CCn1c(=S)[nH]c2cc(Br)c(F)cc21. The van der Waals surface area contributed by atoms with E-state index in [0.717, 1.165) is 23.1 Å². The molecule has 0 saturated heterocycles. The molecule has 0 radical (unpaired) electrons. The number of imidazole rings is 1. The van der Waals surface area contributed by atoms with E-state index in [1.165, 1.54) is 6.07 Å². The molecule has 104 valence electrons. The van der Waals surface area contributed by atoms with Crippen molar-refractivity contribution in [2.75, 3.05) is 0 Å². The topological polar surface area (TPSA) is 38.5 Å². The summed E-state index contributed by atoms with van der Waals surface area (Å²) in [5.74, 6) is -0.291. The first-order valence-corrected chi connectivity index (χ1v) is 7.31. The summed E-state index contributed by atoms with van der Waals surface area (Å²) in [4.78, 5) is 3.10. The lowest BCUT2D eigenvalue weighted by Gasteiger charge is -2.05. The van der Waals surface area contributed by atoms with Crippen molar-refractivity contribution in [1.29, 1.82) is 0 Å². The zero-order valence-electron chi connectivity index (χ0n) is 10.7. The second kappa shape index (κ2) is 5.14. The number of nitrogens with zero attached hydrogens (tertiary/aromatic N) is 3. The van der Waals surface area contributed by atoms with E-state index < -0.39 is 0 Å². The Morgan fingerprint density at radius 1 is 1.45 bits per heavy atom. The van der Waals surface area contributed by atoms with Crippen LogP contribution in [0.4, 0.5) is 4.39 Å². The second-order valence-corrected chi connectivity index (χ2v) is 5.80. The maximum atomic E-state index is 13.7. The van der Waals surface area contributed by atoms with E-state index in [2.05, 4.69) is 26.0 Å². The summed E-state index contributed by atoms with van der Waals surface area (Å²) in [5.41, 5.74) is 2.71. The molecule has 20 heavy (non-hydrogen) atoms. The third kappa shape index (κ3) is 2.31. The molecule has 4 nitrogen and oxygen atoms in total. The van der Waals surface area contributed by atoms with Gasteiger partial charge in [0, 0.05) is 38.0 Å². The van der Waals surface area contributed by atoms with E-state index in [0.29, 0.717) is 15.8 Å². The van der Waals surface area contributed by atoms with E-state index in [1.807, 2.05) is 22.4 Å². The molecule has 0 unspecified atom stereocenters. The highest BCUT2D eigenvalue weighted by Crippen LogP contribution is 2.23. The molecule has 0 fully saturated rings. The lowest BCUT2D eigenvalue weighted by molar-refractivity contribution is 0.618. The lowest BCUT2D eigenvalue weighted by atomic mass is 10.3. The van der Waals surface area contributed by atoms with Gasteiger partial charge in [0.1, 0.15) is 5.82 Å². The smallest absolute Gasteiger partial charge is 0.178 e. The normalized spacial score (nSPS) is 11.3. The molecule has 7 heteroatoms. The predicted octanol–water partition coefficient (Wildman–Crippen LogP) is 3.58. The summed E-state index contributed by atoms with van der Waals surface area (Å²) < 4.78 is 18.5. The van der Waals surface area contributed by atoms with Crippen molar-refractivity contribution < 1.29 is 4.39 Å². The van der Waals surface area contributed by atoms with Crippen molar-refractivity contribution in [3.05, 3.63) is 45.2 Å². The molecule has 0 spiro atoms. The summed E-state index contributed by atoms with van der Waals surface area (Å²) >= 11 is 8.49. The Kier molecular flexibility index (Phi) is 3.47. The molecule has 0 aliphatic rings. The molecular formula is C13H12BrFN4S. The van der Waals surface area contributed by atoms with Gasteiger partial charge in [-0.3, -0.25) is 4.68 Å². The van der Waals surface area contributed by atoms with Gasteiger partial charge in [-0.2, -0.15) is 5.10 Å². The van der Waals surface area contributed by atoms with Crippen LogP contribution >= 0.6 is 28.1 Å². The number of hydrogen-bond acceptors (Lipinski definition) is 2. The number of aryl methyl sites for hydroxylation is 3. The monoisotopic (exact) mass is 354 g/mol. The molecule has 0 bridgehead atoms. The fourth-order valence-corrected chi connectivity index (χ4v) is 2.89. The number of fused-ring (bicyclic) bond motifs is 1. The molecule has 0 saturated carbocycles. The summed E-state index contributed by atoms with van der Waals surface area (Å²) in [6.07, 6.45) is 2.55. The van der Waals surface area contributed by atoms with Gasteiger partial charge < -0.3 is 9.55 Å². The Balaban J connectivity index is 1.99. The Labute approximate surface area is 128 Å². The zero-order valence-corrected chi connectivity index (χ0v) is 13.1. The average molecular weight is 355 g/mol. The van der Waals surface area contributed by atoms with Gasteiger partial charge in [-0.25, -0.2) is 4.39 Å². The second-order valence-electron chi connectivity index (χ2n) is 4.56. The molecule has 1 N–H and O–H groups in total. The van der Waals surface area contributed by atoms with Crippen molar-refractivity contribution in [1.82, 2.24) is 19.3 Å². The predicted molar refractivity (Wildman–Crippen MR) is 81.7 cm³/mol. The van der Waals surface area contributed by atoms with Gasteiger partial charge in [-0.05, 0) is 40.3 Å². The molecule has 1 aromatic carbocycles. The number of rotatable bonds is 3. The van der Waals surface area contributed by atoms with Gasteiger partial charge in [0.15, 0.2) is 4.77 Å². The van der Waals surface area contributed by atoms with Crippen LogP contribution in [-0.4, -0.2) is 19.3 Å². The minimum Gasteiger partial charge on any atom is -0.331 e. The number of halogens is 2. The highest BCUT2D eigenvalue weighted by molar-refractivity contribution is 9.10. The minimum atomic E-state index is -0.291. The van der Waals surface area contributed by atoms with E-state index in [9.17, 15) is 4.39 Å². The van der Waals surface area contributed by atoms with Crippen LogP contribution < -0.4 is 0 Å². The Morgan fingerprint density at radius 2 is 2.25 bits per heavy atom. The largest absolute Gasteiger partial charge is 0.331 e. The highest BCUT2D eigenvalue weighted by atomic mass is 79.9. The lowest BCUT2D eigenvalue weighted by Crippen LogP contribution is -2.05. The summed E-state index contributed by atoms with van der Waals surface area (Å²) in [6.45, 7) is 0.680. The molecular weight excluding hydrogens is 343 g/mol. The van der Waals surface area contributed by atoms with Crippen LogP contribution in [0.25, 0.3) is 11.0 Å². The van der Waals surface area contributed by atoms with Crippen molar-refractivity contribution in [3.8, 4) is 0 Å². The first-order valence-electron chi connectivity index (χ1n) is 6.10. The van der Waals surface area contributed by atoms with Gasteiger partial charge in [-0.1, -0.05) is 0 Å². The quantitative estimate of drug-likeness (QED) is 0.730. The Morgan fingerprint density at radius 3 is 2.95 bits per heavy atom. The number of hydrogen-bond donors (Lipinski definition) is 1. The molecule has 2 heterocycles. The third-order valence-electron chi connectivity index (χ3n) is 3.33. The zero-order chi connectivity index (χ0) is 14.3. The van der Waals surface area contributed by atoms with Crippen LogP contribution in [0.1, 0.15) is 5.69 Å². The van der Waals surface area contributed by atoms with Crippen molar-refractivity contribution in [2.45, 2.75) is 13.0 Å². The fraction of sp³-hybridized carbons (Fsp3) is 0.231. The van der Waals surface area contributed by atoms with Crippen LogP contribution in [0, 0.1) is 10.6 Å². The summed E-state index contributed by atoms with van der Waals surface area (Å²) in [5, 5.41) is 4.13. The van der Waals surface area contributed by atoms with Crippen molar-refractivity contribution in [3.63, 3.8) is 0 Å². The molecule has 3 rings (SSSR count). The van der Waals surface area contributed by atoms with Crippen LogP contribution in [0.2, 0.25) is 0 Å². The van der Waals surface area contributed by atoms with Crippen LogP contribution in [0.5, 0.6) is 0 Å². The standard InChI is InChI=1S/C13H12BrFN4S/c1-18-8(2-4-16-18)3-5-19-12-7-10(15)9(14)6-11(12)17-13(19)20/h2,4,6-7H,3,5H2,1H3,(H,17,20). The third-order valence-corrected chi connectivity index (χ3v) is 4.26. The van der Waals surface area contributed by atoms with E-state index >= 15 is 0 Å². The summed E-state index contributed by atoms with van der Waals surface area (Å²) in [6, 6.07) is 5.17. The number of nitrogens with one attached hydrogen (secondary N) is 1. The van der Waals surface area contributed by atoms with E-state index in [4.69, 9.17) is 12.2 Å². The molecule has 0 atom stereocenters. The maximum absolute atomic E-state index is 13.7. The maximum Gasteiger partial charge on any atom is 0.178 e. The first-order chi connectivity index (χ1) is 9.56. The van der Waals surface area contributed by atoms with Gasteiger partial charge in [-0.15, -0.1) is 0 Å². The van der Waals surface area contributed by atoms with Crippen LogP contribution in [-0.2, 0) is 20.0 Å². The molecule has 0 amide bonds. The van der Waals surface area contributed by atoms with Crippen LogP contribution in [0.15, 0.2) is 28.9 Å². The number of aromatic nitrogens is 4. The minimum absolute atomic E-state index is 0.291. The highest BCUT2D eigenvalue weighted by Gasteiger charge is 2.09. The van der Waals surface area contributed by atoms with E-state index in [1.54, 1.807) is 12.3 Å². The van der Waals surface area contributed by atoms with Crippen molar-refractivity contribution >= 4 is 39.2 Å². The van der Waals surface area contributed by atoms with Gasteiger partial charge in [0.25, 0.3) is 0 Å². The van der Waals surface area contributed by atoms with E-state index in [-0.39, 0.29) is 5.82 Å². The van der Waals surface area contributed by atoms with Gasteiger partial charge in [0.05, 0.1) is 15.5 Å². The Bertz CT molecular complexity index is 833. The van der Waals surface area contributed by atoms with Crippen molar-refractivity contribution in [2.24, 2.45) is 7.05 Å². The van der Waals surface area contributed by atoms with Crippen LogP contribution in [0.3, 0.4) is 0 Å². The molecule has 0 aliphatic heterocycles. The molecule has 2 aromatic heterocycles. The molecule has 3 aromatic rings. The summed E-state index contributed by atoms with van der Waals surface area (Å²) in [7, 11) is 1.90. The molecule has 0 aliphatic carbocycles. The number of benzene rings is 1. The average Bonchev–Trinajstić information content (AvgIpc) is 2.92. The fourth-order valence-electron chi connectivity index (χ4n) is 2.25. The first kappa shape index (κ1) is 13.5. The Hall–Kier alpha value is -1.47. The van der Waals surface area contributed by atoms with Gasteiger partial charge in [0.2, 0.25) is 0 Å². The number of aromatic amines is 1. The number of H-pyrrole nitrogens is 1.